The summed E-state index contributed by atoms with van der Waals surface area (Å²) >= 11 is 1.65. The second kappa shape index (κ2) is 7.01. The molecule has 0 spiro atoms. The van der Waals surface area contributed by atoms with Gasteiger partial charge in [0.15, 0.2) is 5.17 Å². The summed E-state index contributed by atoms with van der Waals surface area (Å²) in [6.07, 6.45) is 1.07. The molecule has 23 heavy (non-hydrogen) atoms. The van der Waals surface area contributed by atoms with Gasteiger partial charge < -0.3 is 20.2 Å². The van der Waals surface area contributed by atoms with Crippen LogP contribution in [0.5, 0.6) is 0 Å². The number of rotatable bonds is 5. The zero-order valence-electron chi connectivity index (χ0n) is 13.2. The van der Waals surface area contributed by atoms with E-state index in [2.05, 4.69) is 44.5 Å². The van der Waals surface area contributed by atoms with Crippen LogP contribution in [0.4, 0.5) is 0 Å². The van der Waals surface area contributed by atoms with Gasteiger partial charge >= 0.3 is 5.69 Å². The van der Waals surface area contributed by atoms with Crippen molar-refractivity contribution in [3.8, 4) is 0 Å². The molecule has 0 amide bonds. The minimum absolute atomic E-state index is 0.195. The molecular formula is C15H20N6OS. The summed E-state index contributed by atoms with van der Waals surface area (Å²) in [5.74, 6) is 0.764. The molecule has 1 aliphatic heterocycles. The van der Waals surface area contributed by atoms with Crippen molar-refractivity contribution in [2.45, 2.75) is 6.42 Å². The molecule has 7 nitrogen and oxygen atoms in total. The third-order valence-electron chi connectivity index (χ3n) is 3.51. The number of amidine groups is 1. The first-order valence-electron chi connectivity index (χ1n) is 7.50. The first-order valence-corrected chi connectivity index (χ1v) is 8.49. The van der Waals surface area contributed by atoms with Crippen LogP contribution in [0.25, 0.3) is 11.0 Å². The van der Waals surface area contributed by atoms with Gasteiger partial charge in [-0.3, -0.25) is 0 Å². The predicted octanol–water partition coefficient (Wildman–Crippen LogP) is 1.20. The largest absolute Gasteiger partial charge is 0.363 e. The van der Waals surface area contributed by atoms with Gasteiger partial charge in [-0.25, -0.2) is 4.79 Å². The van der Waals surface area contributed by atoms with Crippen LogP contribution in [-0.2, 0) is 0 Å². The van der Waals surface area contributed by atoms with Gasteiger partial charge in [-0.1, -0.05) is 17.8 Å². The lowest BCUT2D eigenvalue weighted by Gasteiger charge is -2.14. The van der Waals surface area contributed by atoms with E-state index in [1.54, 1.807) is 11.8 Å². The van der Waals surface area contributed by atoms with Crippen LogP contribution < -0.4 is 11.0 Å². The molecular weight excluding hydrogens is 312 g/mol. The van der Waals surface area contributed by atoms with Crippen LogP contribution in [0.2, 0.25) is 0 Å². The van der Waals surface area contributed by atoms with Gasteiger partial charge in [-0.05, 0) is 39.2 Å². The van der Waals surface area contributed by atoms with E-state index in [-0.39, 0.29) is 5.69 Å². The molecule has 8 heteroatoms. The lowest BCUT2D eigenvalue weighted by molar-refractivity contribution is 0.400. The number of nitrogens with zero attached hydrogens (tertiary/aromatic N) is 3. The highest BCUT2D eigenvalue weighted by atomic mass is 32.2. The van der Waals surface area contributed by atoms with Gasteiger partial charge in [0.1, 0.15) is 0 Å². The average Bonchev–Trinajstić information content (AvgIpc) is 2.91. The number of benzene rings is 1. The van der Waals surface area contributed by atoms with Gasteiger partial charge in [-0.2, -0.15) is 5.10 Å². The van der Waals surface area contributed by atoms with Crippen LogP contribution in [0.3, 0.4) is 0 Å². The summed E-state index contributed by atoms with van der Waals surface area (Å²) in [6, 6.07) is 5.77. The normalized spacial score (nSPS) is 14.9. The third kappa shape index (κ3) is 4.02. The highest BCUT2D eigenvalue weighted by molar-refractivity contribution is 8.14. The number of imidazole rings is 1. The Hall–Kier alpha value is -2.06. The van der Waals surface area contributed by atoms with Crippen LogP contribution >= 0.6 is 11.8 Å². The SMILES string of the molecule is CN(C)CCCNC1=NN=C(c2ccc3[nH]c(=O)[nH]c3c2)CS1. The van der Waals surface area contributed by atoms with Crippen LogP contribution in [0, 0.1) is 0 Å². The number of fused-ring (bicyclic) bond motifs is 1. The fourth-order valence-electron chi connectivity index (χ4n) is 2.33. The minimum Gasteiger partial charge on any atom is -0.363 e. The smallest absolute Gasteiger partial charge is 0.323 e. The maximum atomic E-state index is 11.3. The zero-order valence-corrected chi connectivity index (χ0v) is 14.0. The highest BCUT2D eigenvalue weighted by Crippen LogP contribution is 2.17. The number of aromatic nitrogens is 2. The molecule has 0 fully saturated rings. The molecule has 0 atom stereocenters. The lowest BCUT2D eigenvalue weighted by atomic mass is 10.1. The average molecular weight is 332 g/mol. The fourth-order valence-corrected chi connectivity index (χ4v) is 3.13. The molecule has 1 aromatic carbocycles. The Kier molecular flexibility index (Phi) is 4.82. The van der Waals surface area contributed by atoms with Gasteiger partial charge in [0.25, 0.3) is 0 Å². The highest BCUT2D eigenvalue weighted by Gasteiger charge is 2.13. The number of nitrogens with one attached hydrogen (secondary N) is 3. The summed E-state index contributed by atoms with van der Waals surface area (Å²) < 4.78 is 0. The molecule has 0 saturated carbocycles. The molecule has 3 rings (SSSR count). The van der Waals surface area contributed by atoms with Crippen LogP contribution in [-0.4, -0.2) is 58.7 Å². The van der Waals surface area contributed by atoms with Crippen molar-refractivity contribution in [1.29, 1.82) is 0 Å². The van der Waals surface area contributed by atoms with Crippen molar-refractivity contribution in [1.82, 2.24) is 20.2 Å². The predicted molar refractivity (Wildman–Crippen MR) is 96.5 cm³/mol. The summed E-state index contributed by atoms with van der Waals surface area (Å²) in [7, 11) is 4.13. The van der Waals surface area contributed by atoms with E-state index in [9.17, 15) is 4.79 Å². The van der Waals surface area contributed by atoms with Gasteiger partial charge in [0.05, 0.1) is 16.7 Å². The Morgan fingerprint density at radius 2 is 2.09 bits per heavy atom. The summed E-state index contributed by atoms with van der Waals surface area (Å²) in [5.41, 5.74) is 3.29. The molecule has 1 aliphatic rings. The van der Waals surface area contributed by atoms with Crippen LogP contribution in [0.1, 0.15) is 12.0 Å². The number of aromatic amines is 2. The van der Waals surface area contributed by atoms with Crippen molar-refractivity contribution >= 4 is 33.7 Å². The number of hydrogen-bond acceptors (Lipinski definition) is 6. The van der Waals surface area contributed by atoms with Crippen molar-refractivity contribution in [3.63, 3.8) is 0 Å². The molecule has 0 unspecified atom stereocenters. The first-order chi connectivity index (χ1) is 11.1. The quantitative estimate of drug-likeness (QED) is 0.718. The molecule has 0 bridgehead atoms. The second-order valence-electron chi connectivity index (χ2n) is 5.66. The van der Waals surface area contributed by atoms with E-state index < -0.39 is 0 Å². The van der Waals surface area contributed by atoms with Crippen molar-refractivity contribution in [3.05, 3.63) is 34.2 Å². The van der Waals surface area contributed by atoms with E-state index >= 15 is 0 Å². The molecule has 1 aromatic heterocycles. The molecule has 122 valence electrons. The van der Waals surface area contributed by atoms with E-state index in [0.717, 1.165) is 52.7 Å². The number of thioether (sulfide) groups is 1. The van der Waals surface area contributed by atoms with Gasteiger partial charge in [0, 0.05) is 17.9 Å². The van der Waals surface area contributed by atoms with Gasteiger partial charge in [0.2, 0.25) is 0 Å². The van der Waals surface area contributed by atoms with E-state index in [4.69, 9.17) is 0 Å². The monoisotopic (exact) mass is 332 g/mol. The number of H-pyrrole nitrogens is 2. The molecule has 2 aromatic rings. The van der Waals surface area contributed by atoms with Gasteiger partial charge in [-0.15, -0.1) is 5.10 Å². The Bertz CT molecular complexity index is 804. The lowest BCUT2D eigenvalue weighted by Crippen LogP contribution is -2.27. The maximum absolute atomic E-state index is 11.3. The Balaban J connectivity index is 1.65. The molecule has 0 radical (unpaired) electrons. The summed E-state index contributed by atoms with van der Waals surface area (Å²) in [4.78, 5) is 19.0. The van der Waals surface area contributed by atoms with Crippen molar-refractivity contribution < 1.29 is 0 Å². The Labute approximate surface area is 138 Å². The minimum atomic E-state index is -0.195. The van der Waals surface area contributed by atoms with E-state index in [1.165, 1.54) is 0 Å². The molecule has 0 saturated heterocycles. The van der Waals surface area contributed by atoms with Crippen molar-refractivity contribution in [2.24, 2.45) is 10.2 Å². The number of hydrogen-bond donors (Lipinski definition) is 3. The summed E-state index contributed by atoms with van der Waals surface area (Å²) in [5, 5.41) is 12.7. The zero-order chi connectivity index (χ0) is 16.2. The maximum Gasteiger partial charge on any atom is 0.323 e. The topological polar surface area (TPSA) is 88.6 Å². The van der Waals surface area contributed by atoms with Crippen molar-refractivity contribution in [2.75, 3.05) is 32.9 Å². The van der Waals surface area contributed by atoms with E-state index in [1.807, 2.05) is 18.2 Å². The molecule has 0 aliphatic carbocycles. The first kappa shape index (κ1) is 15.8. The fraction of sp³-hybridized carbons (Fsp3) is 0.400. The third-order valence-corrected chi connectivity index (χ3v) is 4.43. The Morgan fingerprint density at radius 1 is 1.26 bits per heavy atom. The second-order valence-corrected chi connectivity index (χ2v) is 6.63. The van der Waals surface area contributed by atoms with Crippen LogP contribution in [0.15, 0.2) is 33.2 Å². The summed E-state index contributed by atoms with van der Waals surface area (Å²) in [6.45, 7) is 1.94. The standard InChI is InChI=1S/C15H20N6OS/c1-21(2)7-3-6-16-15-20-19-13(9-23-15)10-4-5-11-12(8-10)18-14(22)17-11/h4-5,8H,3,6-7,9H2,1-2H3,(H,16,20)(H2,17,18,22). The van der Waals surface area contributed by atoms with E-state index in [0.29, 0.717) is 0 Å². The molecule has 2 heterocycles. The Morgan fingerprint density at radius 3 is 2.83 bits per heavy atom. The molecule has 3 N–H and O–H groups in total.